The average molecular weight is 309 g/mol. The molecule has 1 aromatic heterocycles. The van der Waals surface area contributed by atoms with Crippen LogP contribution in [0.4, 0.5) is 0 Å². The minimum absolute atomic E-state index is 0.0877. The van der Waals surface area contributed by atoms with Gasteiger partial charge in [-0.3, -0.25) is 4.57 Å². The smallest absolute Gasteiger partial charge is 0.299 e. The molecule has 1 atom stereocenters. The van der Waals surface area contributed by atoms with E-state index in [0.717, 1.165) is 11.7 Å². The Hall–Kier alpha value is -0.930. The second kappa shape index (κ2) is 7.19. The molecular weight excluding hydrogens is 289 g/mol. The zero-order chi connectivity index (χ0) is 14.4. The van der Waals surface area contributed by atoms with Gasteiger partial charge in [-0.05, 0) is 43.8 Å². The topological polar surface area (TPSA) is 38.3 Å². The molecule has 0 saturated carbocycles. The number of nitrogens with one attached hydrogen (secondary N) is 1. The van der Waals surface area contributed by atoms with Gasteiger partial charge in [-0.25, -0.2) is 5.09 Å². The molecule has 0 aliphatic carbocycles. The molecule has 0 saturated heterocycles. The van der Waals surface area contributed by atoms with E-state index >= 15 is 0 Å². The van der Waals surface area contributed by atoms with Gasteiger partial charge in [-0.2, -0.15) is 0 Å². The fraction of sp³-hybridized carbons (Fsp3) is 0.333. The van der Waals surface area contributed by atoms with Gasteiger partial charge in [0.05, 0.1) is 11.4 Å². The molecule has 0 bridgehead atoms. The second-order valence-corrected chi connectivity index (χ2v) is 7.96. The first kappa shape index (κ1) is 15.5. The van der Waals surface area contributed by atoms with Gasteiger partial charge >= 0.3 is 0 Å². The van der Waals surface area contributed by atoms with Crippen LogP contribution in [0.25, 0.3) is 0 Å². The summed E-state index contributed by atoms with van der Waals surface area (Å²) in [5, 5.41) is 5.90. The van der Waals surface area contributed by atoms with Crippen LogP contribution < -0.4 is 10.4 Å². The standard InChI is InChI=1S/C15H20NO2PS/c1-13(2)18-19(17,14-7-4-3-5-8-14)16-11-10-15-9-6-12-20-15/h3-9,12-13H,10-11H2,1-2H3,(H,16,17). The van der Waals surface area contributed by atoms with Crippen LogP contribution in [0.3, 0.4) is 0 Å². The highest BCUT2D eigenvalue weighted by Crippen LogP contribution is 2.42. The van der Waals surface area contributed by atoms with E-state index in [2.05, 4.69) is 16.5 Å². The molecule has 1 aromatic carbocycles. The summed E-state index contributed by atoms with van der Waals surface area (Å²) in [5.74, 6) is 0. The molecule has 0 aliphatic rings. The van der Waals surface area contributed by atoms with Crippen molar-refractivity contribution in [2.75, 3.05) is 6.54 Å². The predicted molar refractivity (Wildman–Crippen MR) is 85.9 cm³/mol. The van der Waals surface area contributed by atoms with E-state index in [1.54, 1.807) is 11.3 Å². The van der Waals surface area contributed by atoms with E-state index < -0.39 is 7.52 Å². The van der Waals surface area contributed by atoms with Crippen molar-refractivity contribution in [3.8, 4) is 0 Å². The lowest BCUT2D eigenvalue weighted by atomic mass is 10.3. The molecule has 5 heteroatoms. The van der Waals surface area contributed by atoms with Crippen molar-refractivity contribution < 1.29 is 9.09 Å². The van der Waals surface area contributed by atoms with Gasteiger partial charge in [-0.15, -0.1) is 11.3 Å². The van der Waals surface area contributed by atoms with Crippen molar-refractivity contribution in [1.29, 1.82) is 0 Å². The van der Waals surface area contributed by atoms with E-state index in [1.807, 2.05) is 50.2 Å². The van der Waals surface area contributed by atoms with Crippen molar-refractivity contribution in [3.05, 3.63) is 52.7 Å². The van der Waals surface area contributed by atoms with E-state index in [1.165, 1.54) is 4.88 Å². The van der Waals surface area contributed by atoms with Crippen molar-refractivity contribution in [2.45, 2.75) is 26.4 Å². The molecule has 20 heavy (non-hydrogen) atoms. The predicted octanol–water partition coefficient (Wildman–Crippen LogP) is 3.82. The lowest BCUT2D eigenvalue weighted by Gasteiger charge is -2.22. The molecule has 0 radical (unpaired) electrons. The summed E-state index contributed by atoms with van der Waals surface area (Å²) in [4.78, 5) is 1.28. The molecule has 1 unspecified atom stereocenters. The van der Waals surface area contributed by atoms with Crippen LogP contribution in [0, 0.1) is 0 Å². The molecule has 2 aromatic rings. The normalized spacial score (nSPS) is 14.3. The number of thiophene rings is 1. The molecule has 0 amide bonds. The molecular formula is C15H20NO2PS. The Balaban J connectivity index is 2.05. The largest absolute Gasteiger partial charge is 0.312 e. The molecule has 1 heterocycles. The van der Waals surface area contributed by atoms with E-state index in [4.69, 9.17) is 4.52 Å². The van der Waals surface area contributed by atoms with Crippen molar-refractivity contribution in [1.82, 2.24) is 5.09 Å². The fourth-order valence-corrected chi connectivity index (χ4v) is 4.54. The highest BCUT2D eigenvalue weighted by molar-refractivity contribution is 7.65. The van der Waals surface area contributed by atoms with E-state index in [-0.39, 0.29) is 6.10 Å². The van der Waals surface area contributed by atoms with E-state index in [0.29, 0.717) is 6.54 Å². The third-order valence-corrected chi connectivity index (χ3v) is 6.00. The van der Waals surface area contributed by atoms with Gasteiger partial charge in [0.2, 0.25) is 0 Å². The summed E-state index contributed by atoms with van der Waals surface area (Å²) in [6, 6.07) is 13.5. The van der Waals surface area contributed by atoms with Crippen LogP contribution in [0.1, 0.15) is 18.7 Å². The third-order valence-electron chi connectivity index (χ3n) is 2.73. The zero-order valence-corrected chi connectivity index (χ0v) is 13.5. The minimum atomic E-state index is -2.99. The lowest BCUT2D eigenvalue weighted by molar-refractivity contribution is 0.243. The maximum atomic E-state index is 13.0. The molecule has 1 N–H and O–H groups in total. The molecule has 3 nitrogen and oxygen atoms in total. The van der Waals surface area contributed by atoms with Crippen LogP contribution >= 0.6 is 18.9 Å². The molecule has 0 fully saturated rings. The number of rotatable bonds is 7. The summed E-state index contributed by atoms with van der Waals surface area (Å²) in [5.41, 5.74) is 0. The highest BCUT2D eigenvalue weighted by Gasteiger charge is 2.26. The SMILES string of the molecule is CC(C)OP(=O)(NCCc1cccs1)c1ccccc1. The maximum absolute atomic E-state index is 13.0. The lowest BCUT2D eigenvalue weighted by Crippen LogP contribution is -2.25. The van der Waals surface area contributed by atoms with Crippen molar-refractivity contribution >= 4 is 24.2 Å². The van der Waals surface area contributed by atoms with Gasteiger partial charge < -0.3 is 4.52 Å². The Bertz CT molecular complexity index is 555. The molecule has 108 valence electrons. The van der Waals surface area contributed by atoms with Gasteiger partial charge in [0.25, 0.3) is 7.52 Å². The monoisotopic (exact) mass is 309 g/mol. The average Bonchev–Trinajstić information content (AvgIpc) is 2.92. The highest BCUT2D eigenvalue weighted by atomic mass is 32.1. The van der Waals surface area contributed by atoms with Gasteiger partial charge in [0.1, 0.15) is 0 Å². The van der Waals surface area contributed by atoms with Crippen molar-refractivity contribution in [3.63, 3.8) is 0 Å². The summed E-state index contributed by atoms with van der Waals surface area (Å²) in [6.07, 6.45) is 0.769. The Labute approximate surface area is 124 Å². The first-order valence-electron chi connectivity index (χ1n) is 6.72. The van der Waals surface area contributed by atoms with Crippen LogP contribution in [0.15, 0.2) is 47.8 Å². The van der Waals surface area contributed by atoms with Crippen LogP contribution in [0.5, 0.6) is 0 Å². The Kier molecular flexibility index (Phi) is 5.55. The first-order valence-corrected chi connectivity index (χ1v) is 9.22. The third kappa shape index (κ3) is 4.29. The molecule has 0 aliphatic heterocycles. The van der Waals surface area contributed by atoms with Crippen LogP contribution in [-0.4, -0.2) is 12.6 Å². The summed E-state index contributed by atoms with van der Waals surface area (Å²) >= 11 is 1.71. The summed E-state index contributed by atoms with van der Waals surface area (Å²) in [6.45, 7) is 4.44. The van der Waals surface area contributed by atoms with Crippen molar-refractivity contribution in [2.24, 2.45) is 0 Å². The first-order chi connectivity index (χ1) is 9.60. The van der Waals surface area contributed by atoms with Crippen LogP contribution in [-0.2, 0) is 15.5 Å². The van der Waals surface area contributed by atoms with E-state index in [9.17, 15) is 4.57 Å². The summed E-state index contributed by atoms with van der Waals surface area (Å²) < 4.78 is 18.7. The molecule has 0 spiro atoms. The van der Waals surface area contributed by atoms with Crippen LogP contribution in [0.2, 0.25) is 0 Å². The fourth-order valence-electron chi connectivity index (χ4n) is 1.89. The summed E-state index contributed by atoms with van der Waals surface area (Å²) in [7, 11) is -2.99. The second-order valence-electron chi connectivity index (χ2n) is 4.78. The number of hydrogen-bond acceptors (Lipinski definition) is 3. The quantitative estimate of drug-likeness (QED) is 0.790. The minimum Gasteiger partial charge on any atom is -0.312 e. The zero-order valence-electron chi connectivity index (χ0n) is 11.8. The van der Waals surface area contributed by atoms with Gasteiger partial charge in [0.15, 0.2) is 0 Å². The Morgan fingerprint density at radius 3 is 2.55 bits per heavy atom. The van der Waals surface area contributed by atoms with Gasteiger partial charge in [-0.1, -0.05) is 24.3 Å². The Morgan fingerprint density at radius 1 is 1.20 bits per heavy atom. The Morgan fingerprint density at radius 2 is 1.95 bits per heavy atom. The number of hydrogen-bond donors (Lipinski definition) is 1. The number of benzene rings is 1. The van der Waals surface area contributed by atoms with Gasteiger partial charge in [0, 0.05) is 11.4 Å². The molecule has 2 rings (SSSR count). The maximum Gasteiger partial charge on any atom is 0.299 e.